The van der Waals surface area contributed by atoms with E-state index in [9.17, 15) is 13.2 Å². The lowest BCUT2D eigenvalue weighted by Gasteiger charge is -2.21. The molecule has 1 amide bonds. The lowest BCUT2D eigenvalue weighted by atomic mass is 10.1. The summed E-state index contributed by atoms with van der Waals surface area (Å²) in [6.07, 6.45) is 3.84. The minimum Gasteiger partial charge on any atom is -0.354 e. The van der Waals surface area contributed by atoms with Gasteiger partial charge in [0.15, 0.2) is 0 Å². The predicted molar refractivity (Wildman–Crippen MR) is 80.2 cm³/mol. The molecule has 0 aromatic heterocycles. The van der Waals surface area contributed by atoms with Crippen molar-refractivity contribution in [3.05, 3.63) is 0 Å². The maximum atomic E-state index is 11.8. The number of rotatable bonds is 8. The van der Waals surface area contributed by atoms with Gasteiger partial charge in [0.25, 0.3) is 0 Å². The van der Waals surface area contributed by atoms with Gasteiger partial charge in [-0.15, -0.1) is 0 Å². The van der Waals surface area contributed by atoms with Crippen molar-refractivity contribution in [3.8, 4) is 0 Å². The molecule has 1 saturated heterocycles. The molecule has 0 aliphatic carbocycles. The smallest absolute Gasteiger partial charge is 0.236 e. The predicted octanol–water partition coefficient (Wildman–Crippen LogP) is -0.403. The number of carbonyl (C=O) groups is 1. The third kappa shape index (κ3) is 7.21. The standard InChI is InChI=1S/C13H27N3O3S/c1-11(10-16-6-3-4-7-16)9-15-13(17)12(14)5-8-20(2,18)19/h11-12H,3-10,14H2,1-2H3,(H,15,17). The van der Waals surface area contributed by atoms with Gasteiger partial charge in [-0.05, 0) is 38.3 Å². The summed E-state index contributed by atoms with van der Waals surface area (Å²) in [4.78, 5) is 14.2. The van der Waals surface area contributed by atoms with Crippen molar-refractivity contribution in [2.75, 3.05) is 38.2 Å². The van der Waals surface area contributed by atoms with Crippen LogP contribution in [0, 0.1) is 5.92 Å². The van der Waals surface area contributed by atoms with Crippen molar-refractivity contribution in [2.45, 2.75) is 32.2 Å². The van der Waals surface area contributed by atoms with Crippen LogP contribution in [0.2, 0.25) is 0 Å². The van der Waals surface area contributed by atoms with E-state index in [1.807, 2.05) is 0 Å². The van der Waals surface area contributed by atoms with E-state index in [4.69, 9.17) is 5.73 Å². The van der Waals surface area contributed by atoms with Crippen LogP contribution in [0.25, 0.3) is 0 Å². The molecule has 6 nitrogen and oxygen atoms in total. The maximum Gasteiger partial charge on any atom is 0.236 e. The normalized spacial score (nSPS) is 19.8. The summed E-state index contributed by atoms with van der Waals surface area (Å²) < 4.78 is 22.0. The van der Waals surface area contributed by atoms with Crippen LogP contribution in [-0.2, 0) is 14.6 Å². The number of sulfone groups is 1. The van der Waals surface area contributed by atoms with Gasteiger partial charge < -0.3 is 16.0 Å². The molecule has 2 unspecified atom stereocenters. The molecule has 7 heteroatoms. The molecule has 2 atom stereocenters. The van der Waals surface area contributed by atoms with Gasteiger partial charge in [0.05, 0.1) is 11.8 Å². The zero-order chi connectivity index (χ0) is 15.2. The highest BCUT2D eigenvalue weighted by Crippen LogP contribution is 2.09. The summed E-state index contributed by atoms with van der Waals surface area (Å²) in [5.74, 6) is 0.0614. The largest absolute Gasteiger partial charge is 0.354 e. The Bertz CT molecular complexity index is 405. The molecule has 1 aliphatic heterocycles. The number of nitrogens with one attached hydrogen (secondary N) is 1. The second kappa shape index (κ2) is 7.95. The Morgan fingerprint density at radius 2 is 1.95 bits per heavy atom. The van der Waals surface area contributed by atoms with E-state index in [0.29, 0.717) is 12.5 Å². The highest BCUT2D eigenvalue weighted by Gasteiger charge is 2.18. The lowest BCUT2D eigenvalue weighted by molar-refractivity contribution is -0.122. The molecular weight excluding hydrogens is 278 g/mol. The molecule has 1 fully saturated rings. The van der Waals surface area contributed by atoms with Crippen LogP contribution in [0.4, 0.5) is 0 Å². The first kappa shape index (κ1) is 17.4. The lowest BCUT2D eigenvalue weighted by Crippen LogP contribution is -2.44. The summed E-state index contributed by atoms with van der Waals surface area (Å²) in [6.45, 7) is 5.96. The number of hydrogen-bond donors (Lipinski definition) is 2. The van der Waals surface area contributed by atoms with Gasteiger partial charge in [-0.3, -0.25) is 4.79 Å². The van der Waals surface area contributed by atoms with Gasteiger partial charge in [0.1, 0.15) is 9.84 Å². The molecule has 0 spiro atoms. The quantitative estimate of drug-likeness (QED) is 0.636. The number of likely N-dealkylation sites (tertiary alicyclic amines) is 1. The minimum absolute atomic E-state index is 0.0507. The van der Waals surface area contributed by atoms with Gasteiger partial charge >= 0.3 is 0 Å². The fraction of sp³-hybridized carbons (Fsp3) is 0.923. The van der Waals surface area contributed by atoms with E-state index < -0.39 is 15.9 Å². The molecule has 1 heterocycles. The van der Waals surface area contributed by atoms with Crippen LogP contribution in [0.5, 0.6) is 0 Å². The topological polar surface area (TPSA) is 92.5 Å². The molecule has 1 aliphatic rings. The van der Waals surface area contributed by atoms with E-state index in [2.05, 4.69) is 17.1 Å². The van der Waals surface area contributed by atoms with E-state index in [-0.39, 0.29) is 18.1 Å². The van der Waals surface area contributed by atoms with E-state index >= 15 is 0 Å². The number of nitrogens with two attached hydrogens (primary N) is 1. The summed E-state index contributed by atoms with van der Waals surface area (Å²) in [5, 5.41) is 2.81. The van der Waals surface area contributed by atoms with E-state index in [1.54, 1.807) is 0 Å². The molecule has 0 saturated carbocycles. The highest BCUT2D eigenvalue weighted by molar-refractivity contribution is 7.90. The molecule has 3 N–H and O–H groups in total. The van der Waals surface area contributed by atoms with Crippen LogP contribution in [0.1, 0.15) is 26.2 Å². The van der Waals surface area contributed by atoms with Crippen LogP contribution in [0.15, 0.2) is 0 Å². The third-order valence-corrected chi connectivity index (χ3v) is 4.51. The SMILES string of the molecule is CC(CNC(=O)C(N)CCS(C)(=O)=O)CN1CCCC1. The zero-order valence-electron chi connectivity index (χ0n) is 12.5. The number of amides is 1. The Kier molecular flexibility index (Phi) is 6.91. The zero-order valence-corrected chi connectivity index (χ0v) is 13.3. The highest BCUT2D eigenvalue weighted by atomic mass is 32.2. The van der Waals surface area contributed by atoms with Crippen molar-refractivity contribution < 1.29 is 13.2 Å². The van der Waals surface area contributed by atoms with Gasteiger partial charge in [-0.1, -0.05) is 6.92 Å². The Morgan fingerprint density at radius 1 is 1.35 bits per heavy atom. The van der Waals surface area contributed by atoms with Crippen LogP contribution in [0.3, 0.4) is 0 Å². The molecule has 0 bridgehead atoms. The number of carbonyl (C=O) groups excluding carboxylic acids is 1. The first-order chi connectivity index (χ1) is 9.28. The van der Waals surface area contributed by atoms with Crippen molar-refractivity contribution in [1.82, 2.24) is 10.2 Å². The molecule has 20 heavy (non-hydrogen) atoms. The Labute approximate surface area is 122 Å². The van der Waals surface area contributed by atoms with Crippen molar-refractivity contribution in [1.29, 1.82) is 0 Å². The third-order valence-electron chi connectivity index (χ3n) is 3.53. The van der Waals surface area contributed by atoms with Crippen molar-refractivity contribution >= 4 is 15.7 Å². The molecular formula is C13H27N3O3S. The Morgan fingerprint density at radius 3 is 2.50 bits per heavy atom. The van der Waals surface area contributed by atoms with Gasteiger partial charge in [-0.25, -0.2) is 8.42 Å². The second-order valence-corrected chi connectivity index (χ2v) is 8.14. The molecule has 0 aromatic carbocycles. The van der Waals surface area contributed by atoms with Crippen LogP contribution >= 0.6 is 0 Å². The monoisotopic (exact) mass is 305 g/mol. The Balaban J connectivity index is 2.20. The minimum atomic E-state index is -3.07. The Hall–Kier alpha value is -0.660. The summed E-state index contributed by atoms with van der Waals surface area (Å²) in [5.41, 5.74) is 5.69. The first-order valence-corrected chi connectivity index (χ1v) is 9.27. The molecule has 1 rings (SSSR count). The fourth-order valence-electron chi connectivity index (χ4n) is 2.35. The van der Waals surface area contributed by atoms with Crippen LogP contribution in [-0.4, -0.2) is 63.5 Å². The molecule has 0 radical (unpaired) electrons. The van der Waals surface area contributed by atoms with Crippen molar-refractivity contribution in [2.24, 2.45) is 11.7 Å². The second-order valence-electron chi connectivity index (χ2n) is 5.88. The van der Waals surface area contributed by atoms with E-state index in [1.165, 1.54) is 12.8 Å². The fourth-order valence-corrected chi connectivity index (χ4v) is 3.03. The molecule has 0 aromatic rings. The average molecular weight is 305 g/mol. The maximum absolute atomic E-state index is 11.8. The van der Waals surface area contributed by atoms with E-state index in [0.717, 1.165) is 25.9 Å². The first-order valence-electron chi connectivity index (χ1n) is 7.21. The number of nitrogens with zero attached hydrogens (tertiary/aromatic N) is 1. The number of hydrogen-bond acceptors (Lipinski definition) is 5. The van der Waals surface area contributed by atoms with Gasteiger partial charge in [-0.2, -0.15) is 0 Å². The summed E-state index contributed by atoms with van der Waals surface area (Å²) in [6, 6.07) is -0.747. The van der Waals surface area contributed by atoms with Crippen molar-refractivity contribution in [3.63, 3.8) is 0 Å². The van der Waals surface area contributed by atoms with Crippen LogP contribution < -0.4 is 11.1 Å². The molecule has 118 valence electrons. The summed E-state index contributed by atoms with van der Waals surface area (Å²) >= 11 is 0. The summed E-state index contributed by atoms with van der Waals surface area (Å²) in [7, 11) is -3.07. The van der Waals surface area contributed by atoms with Gasteiger partial charge in [0.2, 0.25) is 5.91 Å². The van der Waals surface area contributed by atoms with Gasteiger partial charge in [0, 0.05) is 19.3 Å². The average Bonchev–Trinajstić information content (AvgIpc) is 2.84.